The molecule has 0 heterocycles. The molecule has 3 nitrogen and oxygen atoms in total. The van der Waals surface area contributed by atoms with Crippen molar-refractivity contribution in [3.63, 3.8) is 0 Å². The summed E-state index contributed by atoms with van der Waals surface area (Å²) in [5.41, 5.74) is 0. The molecule has 1 amide bonds. The zero-order chi connectivity index (χ0) is 13.0. The zero-order valence-corrected chi connectivity index (χ0v) is 11.9. The molecule has 0 N–H and O–H groups in total. The van der Waals surface area contributed by atoms with E-state index in [-0.39, 0.29) is 12.2 Å². The monoisotopic (exact) mass is 241 g/mol. The van der Waals surface area contributed by atoms with E-state index in [0.29, 0.717) is 17.8 Å². The van der Waals surface area contributed by atoms with E-state index in [2.05, 4.69) is 20.8 Å². The lowest BCUT2D eigenvalue weighted by atomic mass is 9.74. The third-order valence-corrected chi connectivity index (χ3v) is 4.31. The van der Waals surface area contributed by atoms with Crippen LogP contribution in [0.5, 0.6) is 0 Å². The van der Waals surface area contributed by atoms with Crippen molar-refractivity contribution < 1.29 is 9.53 Å². The minimum absolute atomic E-state index is 0.0897. The molecule has 1 fully saturated rings. The highest BCUT2D eigenvalue weighted by atomic mass is 16.6. The van der Waals surface area contributed by atoms with Crippen LogP contribution in [0.25, 0.3) is 0 Å². The fraction of sp³-hybridized carbons (Fsp3) is 0.929. The van der Waals surface area contributed by atoms with Gasteiger partial charge in [0.2, 0.25) is 0 Å². The SMILES string of the molecule is CCN(CC)C(=O)OC1C(C)CCC(C)C1C. The molecule has 0 aliphatic heterocycles. The summed E-state index contributed by atoms with van der Waals surface area (Å²) in [4.78, 5) is 13.7. The van der Waals surface area contributed by atoms with Gasteiger partial charge >= 0.3 is 6.09 Å². The van der Waals surface area contributed by atoms with Gasteiger partial charge in [0.15, 0.2) is 0 Å². The van der Waals surface area contributed by atoms with Gasteiger partial charge in [-0.25, -0.2) is 4.79 Å². The summed E-state index contributed by atoms with van der Waals surface area (Å²) in [5.74, 6) is 1.61. The van der Waals surface area contributed by atoms with E-state index in [1.54, 1.807) is 4.90 Å². The quantitative estimate of drug-likeness (QED) is 0.756. The molecule has 1 aliphatic carbocycles. The molecule has 4 atom stereocenters. The summed E-state index contributed by atoms with van der Waals surface area (Å²) in [6, 6.07) is 0. The maximum atomic E-state index is 12.0. The van der Waals surface area contributed by atoms with E-state index >= 15 is 0 Å². The highest BCUT2D eigenvalue weighted by Crippen LogP contribution is 2.35. The fourth-order valence-corrected chi connectivity index (χ4v) is 2.69. The van der Waals surface area contributed by atoms with E-state index in [9.17, 15) is 4.79 Å². The van der Waals surface area contributed by atoms with Crippen molar-refractivity contribution in [3.8, 4) is 0 Å². The van der Waals surface area contributed by atoms with Crippen LogP contribution in [0.2, 0.25) is 0 Å². The van der Waals surface area contributed by atoms with Gasteiger partial charge < -0.3 is 9.64 Å². The summed E-state index contributed by atoms with van der Waals surface area (Å²) < 4.78 is 5.72. The maximum absolute atomic E-state index is 12.0. The van der Waals surface area contributed by atoms with Crippen molar-refractivity contribution in [1.82, 2.24) is 4.90 Å². The van der Waals surface area contributed by atoms with Gasteiger partial charge in [0, 0.05) is 13.1 Å². The van der Waals surface area contributed by atoms with Crippen molar-refractivity contribution in [2.24, 2.45) is 17.8 Å². The van der Waals surface area contributed by atoms with Crippen LogP contribution in [0.1, 0.15) is 47.5 Å². The van der Waals surface area contributed by atoms with E-state index < -0.39 is 0 Å². The fourth-order valence-electron chi connectivity index (χ4n) is 2.69. The van der Waals surface area contributed by atoms with Gasteiger partial charge in [0.1, 0.15) is 6.10 Å². The summed E-state index contributed by atoms with van der Waals surface area (Å²) >= 11 is 0. The summed E-state index contributed by atoms with van der Waals surface area (Å²) in [6.45, 7) is 12.1. The molecule has 0 saturated heterocycles. The predicted molar refractivity (Wildman–Crippen MR) is 69.9 cm³/mol. The smallest absolute Gasteiger partial charge is 0.410 e. The molecule has 0 spiro atoms. The Balaban J connectivity index is 2.61. The largest absolute Gasteiger partial charge is 0.446 e. The minimum Gasteiger partial charge on any atom is -0.446 e. The molecule has 100 valence electrons. The van der Waals surface area contributed by atoms with E-state index in [4.69, 9.17) is 4.74 Å². The van der Waals surface area contributed by atoms with E-state index in [1.165, 1.54) is 12.8 Å². The van der Waals surface area contributed by atoms with Gasteiger partial charge in [0.05, 0.1) is 0 Å². The van der Waals surface area contributed by atoms with Crippen LogP contribution in [0, 0.1) is 17.8 Å². The number of hydrogen-bond acceptors (Lipinski definition) is 2. The molecule has 0 aromatic carbocycles. The predicted octanol–water partition coefficient (Wildman–Crippen LogP) is 3.54. The average molecular weight is 241 g/mol. The van der Waals surface area contributed by atoms with Gasteiger partial charge in [-0.2, -0.15) is 0 Å². The Hall–Kier alpha value is -0.730. The van der Waals surface area contributed by atoms with Crippen LogP contribution >= 0.6 is 0 Å². The first kappa shape index (κ1) is 14.3. The van der Waals surface area contributed by atoms with Gasteiger partial charge in [-0.1, -0.05) is 20.8 Å². The van der Waals surface area contributed by atoms with Crippen molar-refractivity contribution >= 4 is 6.09 Å². The summed E-state index contributed by atoms with van der Waals surface area (Å²) in [5, 5.41) is 0. The third-order valence-electron chi connectivity index (χ3n) is 4.31. The van der Waals surface area contributed by atoms with Crippen LogP contribution in [0.4, 0.5) is 4.79 Å². The topological polar surface area (TPSA) is 29.5 Å². The lowest BCUT2D eigenvalue weighted by Crippen LogP contribution is -2.42. The Morgan fingerprint density at radius 1 is 1.12 bits per heavy atom. The maximum Gasteiger partial charge on any atom is 0.410 e. The van der Waals surface area contributed by atoms with E-state index in [0.717, 1.165) is 13.1 Å². The second kappa shape index (κ2) is 6.27. The molecule has 0 bridgehead atoms. The van der Waals surface area contributed by atoms with Crippen molar-refractivity contribution in [3.05, 3.63) is 0 Å². The Morgan fingerprint density at radius 3 is 2.18 bits per heavy atom. The number of rotatable bonds is 3. The Kier molecular flexibility index (Phi) is 5.29. The van der Waals surface area contributed by atoms with Crippen LogP contribution in [-0.4, -0.2) is 30.2 Å². The lowest BCUT2D eigenvalue weighted by molar-refractivity contribution is -0.0248. The Morgan fingerprint density at radius 2 is 1.65 bits per heavy atom. The number of hydrogen-bond donors (Lipinski definition) is 0. The van der Waals surface area contributed by atoms with Gasteiger partial charge in [-0.15, -0.1) is 0 Å². The van der Waals surface area contributed by atoms with Gasteiger partial charge in [0.25, 0.3) is 0 Å². The standard InChI is InChI=1S/C14H27NO2/c1-6-15(7-2)14(16)17-13-11(4)9-8-10(3)12(13)5/h10-13H,6-9H2,1-5H3. The van der Waals surface area contributed by atoms with Gasteiger partial charge in [-0.05, 0) is 44.4 Å². The van der Waals surface area contributed by atoms with Crippen molar-refractivity contribution in [1.29, 1.82) is 0 Å². The Labute approximate surface area is 106 Å². The highest BCUT2D eigenvalue weighted by molar-refractivity contribution is 5.67. The average Bonchev–Trinajstić information content (AvgIpc) is 2.31. The van der Waals surface area contributed by atoms with E-state index in [1.807, 2.05) is 13.8 Å². The number of nitrogens with zero attached hydrogens (tertiary/aromatic N) is 1. The second-order valence-electron chi connectivity index (χ2n) is 5.41. The molecule has 17 heavy (non-hydrogen) atoms. The normalized spacial score (nSPS) is 33.2. The Bertz CT molecular complexity index is 251. The summed E-state index contributed by atoms with van der Waals surface area (Å²) in [7, 11) is 0. The number of amides is 1. The second-order valence-corrected chi connectivity index (χ2v) is 5.41. The molecule has 1 aliphatic rings. The summed E-state index contributed by atoms with van der Waals surface area (Å²) in [6.07, 6.45) is 2.36. The first-order chi connectivity index (χ1) is 8.01. The van der Waals surface area contributed by atoms with Crippen molar-refractivity contribution in [2.45, 2.75) is 53.6 Å². The first-order valence-corrected chi connectivity index (χ1v) is 6.96. The highest BCUT2D eigenvalue weighted by Gasteiger charge is 2.35. The van der Waals surface area contributed by atoms with Crippen molar-refractivity contribution in [2.75, 3.05) is 13.1 Å². The number of carbonyl (C=O) groups excluding carboxylic acids is 1. The molecule has 0 radical (unpaired) electrons. The molecule has 1 rings (SSSR count). The molecule has 0 aromatic rings. The molecule has 3 heteroatoms. The first-order valence-electron chi connectivity index (χ1n) is 6.96. The van der Waals surface area contributed by atoms with Crippen LogP contribution in [0.15, 0.2) is 0 Å². The molecule has 4 unspecified atom stereocenters. The number of carbonyl (C=O) groups is 1. The molecular weight excluding hydrogens is 214 g/mol. The van der Waals surface area contributed by atoms with Crippen LogP contribution in [-0.2, 0) is 4.74 Å². The molecule has 0 aromatic heterocycles. The zero-order valence-electron chi connectivity index (χ0n) is 11.9. The van der Waals surface area contributed by atoms with Crippen LogP contribution in [0.3, 0.4) is 0 Å². The number of ether oxygens (including phenoxy) is 1. The molecule has 1 saturated carbocycles. The van der Waals surface area contributed by atoms with Gasteiger partial charge in [-0.3, -0.25) is 0 Å². The minimum atomic E-state index is -0.146. The lowest BCUT2D eigenvalue weighted by Gasteiger charge is -2.38. The third kappa shape index (κ3) is 3.36. The molecular formula is C14H27NO2. The van der Waals surface area contributed by atoms with Crippen LogP contribution < -0.4 is 0 Å².